The zero-order valence-electron chi connectivity index (χ0n) is 6.59. The molecule has 2 nitrogen and oxygen atoms in total. The fourth-order valence-electron chi connectivity index (χ4n) is 1.21. The van der Waals surface area contributed by atoms with Crippen LogP contribution in [0.1, 0.15) is 0 Å². The monoisotopic (exact) mass is 180 g/mol. The van der Waals surface area contributed by atoms with Crippen LogP contribution in [-0.4, -0.2) is 4.98 Å². The summed E-state index contributed by atoms with van der Waals surface area (Å²) in [6.07, 6.45) is 0. The third kappa shape index (κ3) is 1.11. The highest BCUT2D eigenvalue weighted by molar-refractivity contribution is 5.84. The first kappa shape index (κ1) is 7.91. The Morgan fingerprint density at radius 3 is 2.38 bits per heavy atom. The Morgan fingerprint density at radius 1 is 1.08 bits per heavy atom. The summed E-state index contributed by atoms with van der Waals surface area (Å²) in [5, 5.41) is 0.307. The molecule has 1 aromatic heterocycles. The van der Waals surface area contributed by atoms with Crippen molar-refractivity contribution in [3.8, 4) is 0 Å². The SMILES string of the molecule is Nc1nc(F)c2ccccc2c1F. The van der Waals surface area contributed by atoms with E-state index in [9.17, 15) is 8.78 Å². The van der Waals surface area contributed by atoms with Gasteiger partial charge in [-0.1, -0.05) is 18.2 Å². The summed E-state index contributed by atoms with van der Waals surface area (Å²) in [6, 6.07) is 6.15. The molecule has 1 aromatic carbocycles. The molecule has 4 heteroatoms. The van der Waals surface area contributed by atoms with Crippen molar-refractivity contribution in [1.82, 2.24) is 4.98 Å². The van der Waals surface area contributed by atoms with Crippen molar-refractivity contribution in [2.24, 2.45) is 0 Å². The summed E-state index contributed by atoms with van der Waals surface area (Å²) in [5.74, 6) is -1.82. The summed E-state index contributed by atoms with van der Waals surface area (Å²) >= 11 is 0. The Balaban J connectivity index is 2.97. The number of rotatable bonds is 0. The van der Waals surface area contributed by atoms with Gasteiger partial charge in [0.25, 0.3) is 0 Å². The molecule has 2 aromatic rings. The third-order valence-electron chi connectivity index (χ3n) is 1.83. The van der Waals surface area contributed by atoms with Gasteiger partial charge in [0.1, 0.15) is 0 Å². The molecule has 0 aliphatic heterocycles. The molecular weight excluding hydrogens is 174 g/mol. The molecule has 0 saturated heterocycles. The maximum Gasteiger partial charge on any atom is 0.222 e. The molecule has 0 atom stereocenters. The van der Waals surface area contributed by atoms with Gasteiger partial charge in [-0.15, -0.1) is 0 Å². The first-order chi connectivity index (χ1) is 6.20. The smallest absolute Gasteiger partial charge is 0.222 e. The average molecular weight is 180 g/mol. The third-order valence-corrected chi connectivity index (χ3v) is 1.83. The van der Waals surface area contributed by atoms with Gasteiger partial charge in [0.15, 0.2) is 11.6 Å². The number of nitrogens with two attached hydrogens (primary N) is 1. The standard InChI is InChI=1S/C9H6F2N2/c10-7-5-3-1-2-4-6(5)8(11)13-9(7)12/h1-4H,(H2,12,13). The fraction of sp³-hybridized carbons (Fsp3) is 0. The van der Waals surface area contributed by atoms with E-state index in [1.807, 2.05) is 0 Å². The van der Waals surface area contributed by atoms with Gasteiger partial charge in [-0.25, -0.2) is 4.39 Å². The van der Waals surface area contributed by atoms with Gasteiger partial charge in [0.2, 0.25) is 5.95 Å². The van der Waals surface area contributed by atoms with E-state index in [4.69, 9.17) is 5.73 Å². The maximum atomic E-state index is 13.2. The van der Waals surface area contributed by atoms with E-state index in [0.717, 1.165) is 0 Å². The number of pyridine rings is 1. The summed E-state index contributed by atoms with van der Waals surface area (Å²) < 4.78 is 26.3. The lowest BCUT2D eigenvalue weighted by Crippen LogP contribution is -1.98. The Kier molecular flexibility index (Phi) is 1.62. The predicted molar refractivity (Wildman–Crippen MR) is 46.1 cm³/mol. The van der Waals surface area contributed by atoms with Crippen molar-refractivity contribution in [2.75, 3.05) is 5.73 Å². The molecule has 0 bridgehead atoms. The number of hydrogen-bond donors (Lipinski definition) is 1. The maximum absolute atomic E-state index is 13.2. The minimum atomic E-state index is -0.741. The Hall–Kier alpha value is -1.71. The lowest BCUT2D eigenvalue weighted by atomic mass is 10.1. The molecule has 0 aliphatic carbocycles. The lowest BCUT2D eigenvalue weighted by Gasteiger charge is -2.01. The molecule has 0 unspecified atom stereocenters. The Labute approximate surface area is 73.0 Å². The number of nitrogen functional groups attached to an aromatic ring is 1. The second-order valence-corrected chi connectivity index (χ2v) is 2.65. The molecule has 66 valence electrons. The average Bonchev–Trinajstić information content (AvgIpc) is 2.15. The van der Waals surface area contributed by atoms with Crippen molar-refractivity contribution in [3.05, 3.63) is 36.0 Å². The van der Waals surface area contributed by atoms with Crippen LogP contribution in [0.4, 0.5) is 14.6 Å². The van der Waals surface area contributed by atoms with Gasteiger partial charge < -0.3 is 5.73 Å². The molecule has 0 fully saturated rings. The number of hydrogen-bond acceptors (Lipinski definition) is 2. The van der Waals surface area contributed by atoms with E-state index in [-0.39, 0.29) is 10.8 Å². The van der Waals surface area contributed by atoms with Crippen LogP contribution in [-0.2, 0) is 0 Å². The van der Waals surface area contributed by atoms with E-state index in [1.54, 1.807) is 12.1 Å². The summed E-state index contributed by atoms with van der Waals surface area (Å²) in [5.41, 5.74) is 5.16. The molecule has 0 saturated carbocycles. The highest BCUT2D eigenvalue weighted by Gasteiger charge is 2.10. The Bertz CT molecular complexity index is 468. The second-order valence-electron chi connectivity index (χ2n) is 2.65. The van der Waals surface area contributed by atoms with E-state index in [2.05, 4.69) is 4.98 Å². The van der Waals surface area contributed by atoms with Crippen LogP contribution in [0.15, 0.2) is 24.3 Å². The van der Waals surface area contributed by atoms with Gasteiger partial charge in [0, 0.05) is 10.8 Å². The molecular formula is C9H6F2N2. The van der Waals surface area contributed by atoms with Crippen LogP contribution in [0.2, 0.25) is 0 Å². The molecule has 2 rings (SSSR count). The molecule has 0 amide bonds. The van der Waals surface area contributed by atoms with Crippen molar-refractivity contribution in [1.29, 1.82) is 0 Å². The van der Waals surface area contributed by atoms with E-state index >= 15 is 0 Å². The summed E-state index contributed by atoms with van der Waals surface area (Å²) in [6.45, 7) is 0. The lowest BCUT2D eigenvalue weighted by molar-refractivity contribution is 0.582. The summed E-state index contributed by atoms with van der Waals surface area (Å²) in [7, 11) is 0. The number of aromatic nitrogens is 1. The quantitative estimate of drug-likeness (QED) is 0.630. The number of anilines is 1. The van der Waals surface area contributed by atoms with Crippen molar-refractivity contribution < 1.29 is 8.78 Å². The van der Waals surface area contributed by atoms with Crippen molar-refractivity contribution >= 4 is 16.6 Å². The van der Waals surface area contributed by atoms with E-state index < -0.39 is 17.6 Å². The van der Waals surface area contributed by atoms with E-state index in [0.29, 0.717) is 0 Å². The van der Waals surface area contributed by atoms with Gasteiger partial charge in [0.05, 0.1) is 0 Å². The zero-order valence-corrected chi connectivity index (χ0v) is 6.59. The molecule has 0 spiro atoms. The van der Waals surface area contributed by atoms with Crippen LogP contribution in [0.5, 0.6) is 0 Å². The van der Waals surface area contributed by atoms with Crippen LogP contribution in [0.3, 0.4) is 0 Å². The van der Waals surface area contributed by atoms with Crippen molar-refractivity contribution in [2.45, 2.75) is 0 Å². The zero-order chi connectivity index (χ0) is 9.42. The topological polar surface area (TPSA) is 38.9 Å². The number of benzene rings is 1. The van der Waals surface area contributed by atoms with Gasteiger partial charge in [-0.3, -0.25) is 0 Å². The van der Waals surface area contributed by atoms with Gasteiger partial charge >= 0.3 is 0 Å². The number of nitrogens with zero attached hydrogens (tertiary/aromatic N) is 1. The first-order valence-electron chi connectivity index (χ1n) is 3.69. The highest BCUT2D eigenvalue weighted by Crippen LogP contribution is 2.22. The predicted octanol–water partition coefficient (Wildman–Crippen LogP) is 2.10. The van der Waals surface area contributed by atoms with Crippen molar-refractivity contribution in [3.63, 3.8) is 0 Å². The normalized spacial score (nSPS) is 10.6. The van der Waals surface area contributed by atoms with Crippen LogP contribution in [0.25, 0.3) is 10.8 Å². The fourth-order valence-corrected chi connectivity index (χ4v) is 1.21. The minimum absolute atomic E-state index is 0.147. The molecule has 13 heavy (non-hydrogen) atoms. The van der Waals surface area contributed by atoms with Gasteiger partial charge in [-0.2, -0.15) is 9.37 Å². The second kappa shape index (κ2) is 2.65. The van der Waals surface area contributed by atoms with E-state index in [1.165, 1.54) is 12.1 Å². The van der Waals surface area contributed by atoms with Crippen LogP contribution in [0, 0.1) is 11.8 Å². The largest absolute Gasteiger partial charge is 0.381 e. The Morgan fingerprint density at radius 2 is 1.69 bits per heavy atom. The van der Waals surface area contributed by atoms with Gasteiger partial charge in [-0.05, 0) is 6.07 Å². The molecule has 0 radical (unpaired) electrons. The molecule has 2 N–H and O–H groups in total. The molecule has 1 heterocycles. The molecule has 0 aliphatic rings. The van der Waals surface area contributed by atoms with Crippen LogP contribution >= 0.6 is 0 Å². The number of halogens is 2. The number of fused-ring (bicyclic) bond motifs is 1. The van der Waals surface area contributed by atoms with Crippen LogP contribution < -0.4 is 5.73 Å². The minimum Gasteiger partial charge on any atom is -0.381 e. The first-order valence-corrected chi connectivity index (χ1v) is 3.69. The summed E-state index contributed by atoms with van der Waals surface area (Å²) in [4.78, 5) is 3.24. The highest BCUT2D eigenvalue weighted by atomic mass is 19.1.